The summed E-state index contributed by atoms with van der Waals surface area (Å²) in [6.07, 6.45) is 6.51. The quantitative estimate of drug-likeness (QED) is 0.110. The number of hydrogen-bond acceptors (Lipinski definition) is 4. The van der Waals surface area contributed by atoms with E-state index in [-0.39, 0.29) is 5.78 Å². The summed E-state index contributed by atoms with van der Waals surface area (Å²) in [5, 5.41) is 0.644. The lowest BCUT2D eigenvalue weighted by molar-refractivity contribution is 0.0734. The molecule has 0 atom stereocenters. The highest BCUT2D eigenvalue weighted by Gasteiger charge is 2.10. The van der Waals surface area contributed by atoms with Crippen LogP contribution in [0, 0.1) is 0 Å². The van der Waals surface area contributed by atoms with E-state index in [1.165, 1.54) is 6.08 Å². The summed E-state index contributed by atoms with van der Waals surface area (Å²) in [4.78, 5) is 24.7. The van der Waals surface area contributed by atoms with Crippen molar-refractivity contribution in [2.75, 3.05) is 6.61 Å². The molecule has 0 aromatic heterocycles. The second-order valence-corrected chi connectivity index (χ2v) is 7.68. The van der Waals surface area contributed by atoms with E-state index in [2.05, 4.69) is 6.92 Å². The molecular formula is C27H25ClO4. The Morgan fingerprint density at radius 1 is 0.812 bits per heavy atom. The minimum atomic E-state index is -0.468. The third-order valence-electron chi connectivity index (χ3n) is 4.75. The van der Waals surface area contributed by atoms with Gasteiger partial charge >= 0.3 is 5.97 Å². The van der Waals surface area contributed by atoms with Gasteiger partial charge in [0.15, 0.2) is 5.78 Å². The summed E-state index contributed by atoms with van der Waals surface area (Å²) in [6, 6.07) is 20.5. The van der Waals surface area contributed by atoms with Gasteiger partial charge in [-0.2, -0.15) is 0 Å². The average Bonchev–Trinajstić information content (AvgIpc) is 2.82. The molecule has 0 radical (unpaired) electrons. The molecule has 5 heteroatoms. The summed E-state index contributed by atoms with van der Waals surface area (Å²) < 4.78 is 11.1. The number of halogens is 1. The average molecular weight is 449 g/mol. The van der Waals surface area contributed by atoms with Gasteiger partial charge in [-0.3, -0.25) is 4.79 Å². The van der Waals surface area contributed by atoms with Crippen LogP contribution in [0.3, 0.4) is 0 Å². The van der Waals surface area contributed by atoms with Gasteiger partial charge in [0.05, 0.1) is 12.2 Å². The van der Waals surface area contributed by atoms with Gasteiger partial charge in [-0.15, -0.1) is 0 Å². The predicted molar refractivity (Wildman–Crippen MR) is 128 cm³/mol. The van der Waals surface area contributed by atoms with Gasteiger partial charge in [0.1, 0.15) is 11.5 Å². The zero-order chi connectivity index (χ0) is 22.8. The van der Waals surface area contributed by atoms with Crippen LogP contribution >= 0.6 is 11.6 Å². The van der Waals surface area contributed by atoms with Gasteiger partial charge in [-0.1, -0.05) is 49.6 Å². The van der Waals surface area contributed by atoms with E-state index in [1.54, 1.807) is 66.7 Å². The number of allylic oxidation sites excluding steroid dienone is 1. The third-order valence-corrected chi connectivity index (χ3v) is 5.01. The molecule has 0 fully saturated rings. The zero-order valence-electron chi connectivity index (χ0n) is 17.9. The predicted octanol–water partition coefficient (Wildman–Crippen LogP) is 7.02. The number of benzene rings is 3. The molecule has 3 aromatic rings. The first-order valence-electron chi connectivity index (χ1n) is 10.6. The molecule has 0 heterocycles. The van der Waals surface area contributed by atoms with Gasteiger partial charge in [0.25, 0.3) is 0 Å². The second kappa shape index (κ2) is 11.9. The van der Waals surface area contributed by atoms with E-state index < -0.39 is 5.97 Å². The zero-order valence-corrected chi connectivity index (χ0v) is 18.7. The van der Waals surface area contributed by atoms with Crippen LogP contribution in [0.4, 0.5) is 0 Å². The highest BCUT2D eigenvalue weighted by Crippen LogP contribution is 2.18. The topological polar surface area (TPSA) is 52.6 Å². The van der Waals surface area contributed by atoms with Crippen LogP contribution in [-0.4, -0.2) is 18.4 Å². The first-order chi connectivity index (χ1) is 15.5. The number of carbonyl (C=O) groups is 2. The molecule has 0 aliphatic heterocycles. The van der Waals surface area contributed by atoms with Crippen LogP contribution < -0.4 is 9.47 Å². The van der Waals surface area contributed by atoms with Gasteiger partial charge < -0.3 is 9.47 Å². The number of rotatable bonds is 10. The lowest BCUT2D eigenvalue weighted by Gasteiger charge is -2.07. The molecule has 0 saturated heterocycles. The van der Waals surface area contributed by atoms with Crippen molar-refractivity contribution >= 4 is 29.4 Å². The molecule has 0 unspecified atom stereocenters. The van der Waals surface area contributed by atoms with E-state index >= 15 is 0 Å². The summed E-state index contributed by atoms with van der Waals surface area (Å²) in [5.41, 5.74) is 1.81. The SMILES string of the molecule is CCCCCOc1ccc(C(=O)Oc2ccc(C(=O)/C=C/c3ccc(Cl)cc3)cc2)cc1. The molecule has 164 valence electrons. The van der Waals surface area contributed by atoms with Crippen molar-refractivity contribution < 1.29 is 19.1 Å². The number of unbranched alkanes of at least 4 members (excludes halogenated alkanes) is 2. The number of ether oxygens (including phenoxy) is 2. The molecular weight excluding hydrogens is 424 g/mol. The minimum absolute atomic E-state index is 0.146. The number of hydrogen-bond donors (Lipinski definition) is 0. The van der Waals surface area contributed by atoms with Gasteiger partial charge in [0, 0.05) is 10.6 Å². The number of ketones is 1. The van der Waals surface area contributed by atoms with Crippen LogP contribution in [-0.2, 0) is 0 Å². The molecule has 0 amide bonds. The maximum absolute atomic E-state index is 12.4. The Hall–Kier alpha value is -3.37. The lowest BCUT2D eigenvalue weighted by atomic mass is 10.1. The fraction of sp³-hybridized carbons (Fsp3) is 0.185. The van der Waals surface area contributed by atoms with E-state index in [9.17, 15) is 9.59 Å². The molecule has 0 aliphatic carbocycles. The van der Waals surface area contributed by atoms with Crippen LogP contribution in [0.2, 0.25) is 5.02 Å². The maximum Gasteiger partial charge on any atom is 0.343 e. The molecule has 0 saturated carbocycles. The van der Waals surface area contributed by atoms with Crippen molar-refractivity contribution in [2.45, 2.75) is 26.2 Å². The molecule has 4 nitrogen and oxygen atoms in total. The molecule has 3 aromatic carbocycles. The monoisotopic (exact) mass is 448 g/mol. The largest absolute Gasteiger partial charge is 0.494 e. The highest BCUT2D eigenvalue weighted by molar-refractivity contribution is 6.30. The summed E-state index contributed by atoms with van der Waals surface area (Å²) in [5.74, 6) is 0.483. The lowest BCUT2D eigenvalue weighted by Crippen LogP contribution is -2.08. The standard InChI is InChI=1S/C27H25ClO4/c1-2-3-4-19-31-24-14-10-22(11-15-24)27(30)32-25-16-8-21(9-17-25)26(29)18-7-20-5-12-23(28)13-6-20/h5-18H,2-4,19H2,1H3/b18-7+. The maximum atomic E-state index is 12.4. The Morgan fingerprint density at radius 3 is 2.09 bits per heavy atom. The molecule has 0 N–H and O–H groups in total. The number of esters is 1. The summed E-state index contributed by atoms with van der Waals surface area (Å²) in [7, 11) is 0. The third kappa shape index (κ3) is 7.10. The Labute approximate surface area is 193 Å². The smallest absolute Gasteiger partial charge is 0.343 e. The Bertz CT molecular complexity index is 1050. The fourth-order valence-corrected chi connectivity index (χ4v) is 3.05. The summed E-state index contributed by atoms with van der Waals surface area (Å²) in [6.45, 7) is 2.81. The van der Waals surface area contributed by atoms with Crippen molar-refractivity contribution in [3.63, 3.8) is 0 Å². The van der Waals surface area contributed by atoms with E-state index in [0.717, 1.165) is 30.6 Å². The molecule has 0 bridgehead atoms. The fourth-order valence-electron chi connectivity index (χ4n) is 2.92. The van der Waals surface area contributed by atoms with Crippen molar-refractivity contribution in [1.82, 2.24) is 0 Å². The normalized spacial score (nSPS) is 10.8. The van der Waals surface area contributed by atoms with E-state index in [1.807, 2.05) is 12.1 Å². The minimum Gasteiger partial charge on any atom is -0.494 e. The van der Waals surface area contributed by atoms with E-state index in [4.69, 9.17) is 21.1 Å². The molecule has 0 aliphatic rings. The number of carbonyl (C=O) groups excluding carboxylic acids is 2. The highest BCUT2D eigenvalue weighted by atomic mass is 35.5. The van der Waals surface area contributed by atoms with Crippen LogP contribution in [0.5, 0.6) is 11.5 Å². The van der Waals surface area contributed by atoms with Gasteiger partial charge in [-0.05, 0) is 78.7 Å². The Morgan fingerprint density at radius 2 is 1.44 bits per heavy atom. The molecule has 32 heavy (non-hydrogen) atoms. The van der Waals surface area contributed by atoms with E-state index in [0.29, 0.717) is 28.5 Å². The van der Waals surface area contributed by atoms with Gasteiger partial charge in [0.2, 0.25) is 0 Å². The Kier molecular flexibility index (Phi) is 8.64. The van der Waals surface area contributed by atoms with Gasteiger partial charge in [-0.25, -0.2) is 4.79 Å². The summed E-state index contributed by atoms with van der Waals surface area (Å²) >= 11 is 5.86. The van der Waals surface area contributed by atoms with Crippen LogP contribution in [0.25, 0.3) is 6.08 Å². The second-order valence-electron chi connectivity index (χ2n) is 7.24. The Balaban J connectivity index is 1.53. The first-order valence-corrected chi connectivity index (χ1v) is 11.0. The van der Waals surface area contributed by atoms with Crippen molar-refractivity contribution in [3.8, 4) is 11.5 Å². The first kappa shape index (κ1) is 23.3. The molecule has 3 rings (SSSR count). The van der Waals surface area contributed by atoms with Crippen molar-refractivity contribution in [1.29, 1.82) is 0 Å². The van der Waals surface area contributed by atoms with Crippen molar-refractivity contribution in [2.24, 2.45) is 0 Å². The van der Waals surface area contributed by atoms with Crippen molar-refractivity contribution in [3.05, 3.63) is 101 Å². The van der Waals surface area contributed by atoms with Crippen LogP contribution in [0.15, 0.2) is 78.9 Å². The molecule has 0 spiro atoms. The van der Waals surface area contributed by atoms with Crippen LogP contribution in [0.1, 0.15) is 52.5 Å².